The Morgan fingerprint density at radius 2 is 2.19 bits per heavy atom. The second kappa shape index (κ2) is 4.96. The Kier molecular flexibility index (Phi) is 2.95. The molecule has 2 aliphatic heterocycles. The number of imidazole rings is 1. The summed E-state index contributed by atoms with van der Waals surface area (Å²) in [4.78, 5) is 18.9. The van der Waals surface area contributed by atoms with Gasteiger partial charge in [0.25, 0.3) is 5.91 Å². The Labute approximate surface area is 121 Å². The quantitative estimate of drug-likeness (QED) is 0.727. The lowest BCUT2D eigenvalue weighted by atomic mass is 10.1. The number of nitrogens with zero attached hydrogens (tertiary/aromatic N) is 5. The average molecular weight is 287 g/mol. The lowest BCUT2D eigenvalue weighted by Crippen LogP contribution is -2.36. The number of amides is 1. The van der Waals surface area contributed by atoms with Crippen molar-refractivity contribution in [2.45, 2.75) is 25.9 Å². The number of aromatic nitrogens is 5. The smallest absolute Gasteiger partial charge is 0.274 e. The number of carbonyl (C=O) groups excluding carboxylic acids is 1. The van der Waals surface area contributed by atoms with E-state index in [2.05, 4.69) is 30.3 Å². The Balaban J connectivity index is 1.55. The molecule has 4 heterocycles. The summed E-state index contributed by atoms with van der Waals surface area (Å²) in [6.07, 6.45) is 3.51. The zero-order chi connectivity index (χ0) is 14.2. The summed E-state index contributed by atoms with van der Waals surface area (Å²) in [5.41, 5.74) is 2.43. The largest absolute Gasteiger partial charge is 0.333 e. The van der Waals surface area contributed by atoms with Crippen molar-refractivity contribution in [1.29, 1.82) is 0 Å². The van der Waals surface area contributed by atoms with Crippen LogP contribution < -0.4 is 5.32 Å². The van der Waals surface area contributed by atoms with Gasteiger partial charge in [0, 0.05) is 45.2 Å². The molecule has 2 aromatic rings. The summed E-state index contributed by atoms with van der Waals surface area (Å²) < 4.78 is 2.08. The topological polar surface area (TPSA) is 91.7 Å². The molecule has 0 fully saturated rings. The SMILES string of the molecule is O=C(c1cn2c(n1)CCNCC2)N1CCc2[nH]nnc2C1. The Bertz CT molecular complexity index is 650. The van der Waals surface area contributed by atoms with Crippen LogP contribution in [0.4, 0.5) is 0 Å². The Morgan fingerprint density at radius 1 is 1.24 bits per heavy atom. The molecule has 2 aromatic heterocycles. The molecule has 0 saturated carbocycles. The lowest BCUT2D eigenvalue weighted by Gasteiger charge is -2.24. The molecule has 0 spiro atoms. The molecule has 8 nitrogen and oxygen atoms in total. The molecule has 4 rings (SSSR count). The van der Waals surface area contributed by atoms with E-state index < -0.39 is 0 Å². The van der Waals surface area contributed by atoms with E-state index in [1.807, 2.05) is 6.20 Å². The minimum Gasteiger partial charge on any atom is -0.333 e. The third-order valence-electron chi connectivity index (χ3n) is 4.10. The highest BCUT2D eigenvalue weighted by Gasteiger charge is 2.26. The summed E-state index contributed by atoms with van der Waals surface area (Å²) in [5, 5.41) is 14.0. The van der Waals surface area contributed by atoms with Crippen LogP contribution in [0.25, 0.3) is 0 Å². The summed E-state index contributed by atoms with van der Waals surface area (Å²) in [6.45, 7) is 3.89. The van der Waals surface area contributed by atoms with E-state index >= 15 is 0 Å². The van der Waals surface area contributed by atoms with E-state index in [0.29, 0.717) is 18.8 Å². The van der Waals surface area contributed by atoms with Crippen molar-refractivity contribution >= 4 is 5.91 Å². The average Bonchev–Trinajstić information content (AvgIpc) is 3.08. The predicted octanol–water partition coefficient (Wildman–Crippen LogP) is -0.655. The zero-order valence-corrected chi connectivity index (χ0v) is 11.7. The van der Waals surface area contributed by atoms with Crippen LogP contribution in [-0.4, -0.2) is 55.4 Å². The fourth-order valence-electron chi connectivity index (χ4n) is 2.91. The standard InChI is InChI=1S/C13H17N7O/c21-13(20-5-2-9-10(7-20)17-18-16-9)11-8-19-6-4-14-3-1-12(19)15-11/h8,14H,1-7H2,(H,16,17,18). The minimum atomic E-state index is -0.0165. The molecule has 0 aromatic carbocycles. The number of aromatic amines is 1. The number of fused-ring (bicyclic) bond motifs is 2. The maximum Gasteiger partial charge on any atom is 0.274 e. The first-order valence-electron chi connectivity index (χ1n) is 7.26. The maximum absolute atomic E-state index is 12.6. The van der Waals surface area contributed by atoms with Crippen molar-refractivity contribution in [1.82, 2.24) is 35.2 Å². The van der Waals surface area contributed by atoms with E-state index in [-0.39, 0.29) is 5.91 Å². The number of nitrogens with one attached hydrogen (secondary N) is 2. The van der Waals surface area contributed by atoms with Crippen LogP contribution in [0.15, 0.2) is 6.20 Å². The fourth-order valence-corrected chi connectivity index (χ4v) is 2.91. The van der Waals surface area contributed by atoms with Gasteiger partial charge < -0.3 is 14.8 Å². The molecule has 2 N–H and O–H groups in total. The van der Waals surface area contributed by atoms with Crippen molar-refractivity contribution in [3.63, 3.8) is 0 Å². The van der Waals surface area contributed by atoms with Gasteiger partial charge in [-0.3, -0.25) is 9.89 Å². The van der Waals surface area contributed by atoms with Crippen LogP contribution in [0.3, 0.4) is 0 Å². The van der Waals surface area contributed by atoms with Crippen molar-refractivity contribution in [2.24, 2.45) is 0 Å². The molecule has 2 aliphatic rings. The van der Waals surface area contributed by atoms with E-state index in [0.717, 1.165) is 49.7 Å². The second-order valence-electron chi connectivity index (χ2n) is 5.45. The summed E-state index contributed by atoms with van der Waals surface area (Å²) in [5.74, 6) is 0.972. The molecular formula is C13H17N7O. The number of hydrogen-bond acceptors (Lipinski definition) is 5. The van der Waals surface area contributed by atoms with E-state index in [4.69, 9.17) is 0 Å². The van der Waals surface area contributed by atoms with E-state index in [9.17, 15) is 4.79 Å². The van der Waals surface area contributed by atoms with E-state index in [1.54, 1.807) is 4.90 Å². The fraction of sp³-hybridized carbons (Fsp3) is 0.538. The van der Waals surface area contributed by atoms with Gasteiger partial charge in [0.05, 0.1) is 12.2 Å². The van der Waals surface area contributed by atoms with Crippen LogP contribution in [0.5, 0.6) is 0 Å². The lowest BCUT2D eigenvalue weighted by molar-refractivity contribution is 0.0726. The van der Waals surface area contributed by atoms with Crippen LogP contribution in [0.1, 0.15) is 27.7 Å². The number of rotatable bonds is 1. The maximum atomic E-state index is 12.6. The van der Waals surface area contributed by atoms with Gasteiger partial charge in [-0.2, -0.15) is 0 Å². The first-order chi connectivity index (χ1) is 10.3. The minimum absolute atomic E-state index is 0.0165. The molecule has 0 atom stereocenters. The molecule has 0 unspecified atom stereocenters. The summed E-state index contributed by atoms with van der Waals surface area (Å²) in [6, 6.07) is 0. The van der Waals surface area contributed by atoms with Crippen molar-refractivity contribution in [3.05, 3.63) is 29.1 Å². The molecule has 21 heavy (non-hydrogen) atoms. The summed E-state index contributed by atoms with van der Waals surface area (Å²) in [7, 11) is 0. The zero-order valence-electron chi connectivity index (χ0n) is 11.7. The van der Waals surface area contributed by atoms with Crippen LogP contribution in [-0.2, 0) is 25.9 Å². The second-order valence-corrected chi connectivity index (χ2v) is 5.45. The highest BCUT2D eigenvalue weighted by atomic mass is 16.2. The number of carbonyl (C=O) groups is 1. The highest BCUT2D eigenvalue weighted by Crippen LogP contribution is 2.17. The van der Waals surface area contributed by atoms with Crippen LogP contribution >= 0.6 is 0 Å². The van der Waals surface area contributed by atoms with Crippen LogP contribution in [0, 0.1) is 0 Å². The monoisotopic (exact) mass is 287 g/mol. The molecule has 0 bridgehead atoms. The first-order valence-corrected chi connectivity index (χ1v) is 7.26. The molecule has 0 saturated heterocycles. The normalized spacial score (nSPS) is 18.0. The molecule has 0 aliphatic carbocycles. The van der Waals surface area contributed by atoms with Gasteiger partial charge in [-0.1, -0.05) is 5.21 Å². The molecule has 8 heteroatoms. The summed E-state index contributed by atoms with van der Waals surface area (Å²) >= 11 is 0. The molecular weight excluding hydrogens is 270 g/mol. The van der Waals surface area contributed by atoms with Crippen molar-refractivity contribution < 1.29 is 4.79 Å². The van der Waals surface area contributed by atoms with Crippen molar-refractivity contribution in [2.75, 3.05) is 19.6 Å². The van der Waals surface area contributed by atoms with Gasteiger partial charge in [-0.05, 0) is 0 Å². The first kappa shape index (κ1) is 12.5. The molecule has 1 amide bonds. The van der Waals surface area contributed by atoms with E-state index in [1.165, 1.54) is 0 Å². The van der Waals surface area contributed by atoms with Gasteiger partial charge >= 0.3 is 0 Å². The highest BCUT2D eigenvalue weighted by molar-refractivity contribution is 5.92. The number of H-pyrrole nitrogens is 1. The third kappa shape index (κ3) is 2.21. The van der Waals surface area contributed by atoms with Gasteiger partial charge in [0.2, 0.25) is 0 Å². The third-order valence-corrected chi connectivity index (χ3v) is 4.10. The Morgan fingerprint density at radius 3 is 3.14 bits per heavy atom. The van der Waals surface area contributed by atoms with Gasteiger partial charge in [-0.15, -0.1) is 5.10 Å². The van der Waals surface area contributed by atoms with Gasteiger partial charge in [0.15, 0.2) is 0 Å². The number of hydrogen-bond donors (Lipinski definition) is 2. The molecule has 0 radical (unpaired) electrons. The van der Waals surface area contributed by atoms with Gasteiger partial charge in [-0.25, -0.2) is 4.98 Å². The Hall–Kier alpha value is -2.22. The van der Waals surface area contributed by atoms with Crippen molar-refractivity contribution in [3.8, 4) is 0 Å². The molecule has 110 valence electrons. The van der Waals surface area contributed by atoms with Crippen LogP contribution in [0.2, 0.25) is 0 Å². The van der Waals surface area contributed by atoms with Gasteiger partial charge in [0.1, 0.15) is 17.2 Å². The predicted molar refractivity (Wildman–Crippen MR) is 73.6 cm³/mol.